The largest absolute Gasteiger partial charge is 0.573 e. The molecule has 168 valence electrons. The number of nitrogens with one attached hydrogen (secondary N) is 2. The maximum absolute atomic E-state index is 12.8. The summed E-state index contributed by atoms with van der Waals surface area (Å²) in [4.78, 5) is 3.14. The van der Waals surface area contributed by atoms with E-state index in [9.17, 15) is 21.6 Å². The smallest absolute Gasteiger partial charge is 0.492 e. The van der Waals surface area contributed by atoms with E-state index in [-0.39, 0.29) is 29.4 Å². The van der Waals surface area contributed by atoms with Gasteiger partial charge < -0.3 is 14.5 Å². The van der Waals surface area contributed by atoms with Crippen LogP contribution in [0.5, 0.6) is 11.5 Å². The Morgan fingerprint density at radius 1 is 1.10 bits per heavy atom. The number of hydrogen-bond acceptors (Lipinski definition) is 4. The summed E-state index contributed by atoms with van der Waals surface area (Å²) in [5, 5.41) is 0.545. The molecule has 6 nitrogen and oxygen atoms in total. The molecule has 0 atom stereocenters. The van der Waals surface area contributed by atoms with Gasteiger partial charge in [-0.1, -0.05) is 6.07 Å². The van der Waals surface area contributed by atoms with Gasteiger partial charge in [0.05, 0.1) is 6.61 Å². The maximum atomic E-state index is 12.8. The van der Waals surface area contributed by atoms with Gasteiger partial charge in [0, 0.05) is 23.1 Å². The molecule has 1 aromatic heterocycles. The fraction of sp³-hybridized carbons (Fsp3) is 0.333. The normalized spacial score (nSPS) is 12.3. The molecule has 0 unspecified atom stereocenters. The quantitative estimate of drug-likeness (QED) is 0.519. The zero-order chi connectivity index (χ0) is 22.8. The van der Waals surface area contributed by atoms with Gasteiger partial charge in [-0.3, -0.25) is 0 Å². The van der Waals surface area contributed by atoms with Gasteiger partial charge in [0.15, 0.2) is 0 Å². The van der Waals surface area contributed by atoms with Crippen LogP contribution in [0.2, 0.25) is 0 Å². The number of sulfonamides is 1. The Bertz CT molecular complexity index is 1190. The second-order valence-corrected chi connectivity index (χ2v) is 8.75. The van der Waals surface area contributed by atoms with Crippen molar-refractivity contribution >= 4 is 20.9 Å². The van der Waals surface area contributed by atoms with Crippen LogP contribution >= 0.6 is 0 Å². The third-order valence-corrected chi connectivity index (χ3v) is 6.16. The van der Waals surface area contributed by atoms with Crippen molar-refractivity contribution in [2.24, 2.45) is 0 Å². The fourth-order valence-electron chi connectivity index (χ4n) is 3.37. The Morgan fingerprint density at radius 3 is 2.52 bits per heavy atom. The van der Waals surface area contributed by atoms with E-state index in [1.54, 1.807) is 32.9 Å². The van der Waals surface area contributed by atoms with Crippen molar-refractivity contribution < 1.29 is 31.1 Å². The molecule has 0 aliphatic rings. The number of fused-ring (bicyclic) bond motifs is 1. The highest BCUT2D eigenvalue weighted by Crippen LogP contribution is 2.30. The van der Waals surface area contributed by atoms with E-state index in [1.165, 1.54) is 24.3 Å². The maximum Gasteiger partial charge on any atom is 0.573 e. The summed E-state index contributed by atoms with van der Waals surface area (Å²) < 4.78 is 75.3. The molecular formula is C21H23F3N2O4S. The number of ether oxygens (including phenoxy) is 2. The highest BCUT2D eigenvalue weighted by Gasteiger charge is 2.31. The van der Waals surface area contributed by atoms with Crippen LogP contribution in [0.25, 0.3) is 10.9 Å². The second kappa shape index (κ2) is 8.80. The first-order valence-corrected chi connectivity index (χ1v) is 11.1. The molecule has 0 aliphatic carbocycles. The average molecular weight is 456 g/mol. The van der Waals surface area contributed by atoms with E-state index in [1.807, 2.05) is 0 Å². The van der Waals surface area contributed by atoms with Crippen molar-refractivity contribution in [1.29, 1.82) is 0 Å². The summed E-state index contributed by atoms with van der Waals surface area (Å²) in [7, 11) is -3.85. The summed E-state index contributed by atoms with van der Waals surface area (Å²) in [6.45, 7) is 5.70. The van der Waals surface area contributed by atoms with Crippen LogP contribution in [-0.4, -0.2) is 32.9 Å². The van der Waals surface area contributed by atoms with E-state index in [2.05, 4.69) is 14.4 Å². The fourth-order valence-corrected chi connectivity index (χ4v) is 4.63. The number of halogens is 3. The molecule has 3 aromatic rings. The van der Waals surface area contributed by atoms with Gasteiger partial charge in [0.25, 0.3) is 0 Å². The van der Waals surface area contributed by atoms with Crippen molar-refractivity contribution in [3.8, 4) is 11.5 Å². The predicted molar refractivity (Wildman–Crippen MR) is 111 cm³/mol. The Labute approximate surface area is 178 Å². The second-order valence-electron chi connectivity index (χ2n) is 7.01. The first kappa shape index (κ1) is 23.0. The first-order chi connectivity index (χ1) is 14.5. The van der Waals surface area contributed by atoms with Crippen LogP contribution < -0.4 is 14.2 Å². The summed E-state index contributed by atoms with van der Waals surface area (Å²) in [5.41, 5.74) is 2.86. The molecular weight excluding hydrogens is 433 g/mol. The minimum Gasteiger partial charge on any atom is -0.492 e. The molecule has 1 heterocycles. The number of hydrogen-bond donors (Lipinski definition) is 2. The third kappa shape index (κ3) is 5.50. The van der Waals surface area contributed by atoms with E-state index < -0.39 is 16.4 Å². The van der Waals surface area contributed by atoms with E-state index in [0.717, 1.165) is 11.3 Å². The van der Waals surface area contributed by atoms with Gasteiger partial charge in [-0.15, -0.1) is 13.2 Å². The Balaban J connectivity index is 1.81. The van der Waals surface area contributed by atoms with Crippen molar-refractivity contribution in [3.05, 3.63) is 53.2 Å². The topological polar surface area (TPSA) is 80.4 Å². The van der Waals surface area contributed by atoms with Crippen molar-refractivity contribution in [2.45, 2.75) is 38.4 Å². The molecule has 2 aromatic carbocycles. The van der Waals surface area contributed by atoms with Gasteiger partial charge in [-0.25, -0.2) is 13.1 Å². The number of aromatic amines is 1. The lowest BCUT2D eigenvalue weighted by atomic mass is 10.1. The van der Waals surface area contributed by atoms with Crippen molar-refractivity contribution in [2.75, 3.05) is 13.2 Å². The molecule has 0 spiro atoms. The van der Waals surface area contributed by atoms with Crippen LogP contribution in [-0.2, 0) is 16.4 Å². The van der Waals surface area contributed by atoms with Crippen molar-refractivity contribution in [1.82, 2.24) is 9.71 Å². The lowest BCUT2D eigenvalue weighted by Gasteiger charge is -2.13. The minimum absolute atomic E-state index is 0.0471. The zero-order valence-corrected chi connectivity index (χ0v) is 18.1. The van der Waals surface area contributed by atoms with Crippen LogP contribution in [0, 0.1) is 13.8 Å². The molecule has 0 bridgehead atoms. The van der Waals surface area contributed by atoms with Gasteiger partial charge in [0.2, 0.25) is 10.0 Å². The lowest BCUT2D eigenvalue weighted by Crippen LogP contribution is -2.26. The zero-order valence-electron chi connectivity index (χ0n) is 17.3. The number of rotatable bonds is 8. The molecule has 0 aliphatic heterocycles. The molecule has 0 fully saturated rings. The summed E-state index contributed by atoms with van der Waals surface area (Å²) in [6.07, 6.45) is -4.52. The first-order valence-electron chi connectivity index (χ1n) is 9.60. The molecule has 0 radical (unpaired) electrons. The molecule has 0 saturated heterocycles. The Morgan fingerprint density at radius 2 is 1.84 bits per heavy atom. The Kier molecular flexibility index (Phi) is 6.51. The van der Waals surface area contributed by atoms with Gasteiger partial charge >= 0.3 is 6.36 Å². The Hall–Kier alpha value is -2.72. The predicted octanol–water partition coefficient (Wildman–Crippen LogP) is 4.60. The highest BCUT2D eigenvalue weighted by atomic mass is 32.2. The van der Waals surface area contributed by atoms with Gasteiger partial charge in [0.1, 0.15) is 16.4 Å². The summed E-state index contributed by atoms with van der Waals surface area (Å²) >= 11 is 0. The average Bonchev–Trinajstić information content (AvgIpc) is 2.97. The van der Waals surface area contributed by atoms with Crippen LogP contribution in [0.15, 0.2) is 41.3 Å². The highest BCUT2D eigenvalue weighted by molar-refractivity contribution is 7.89. The number of H-pyrrole nitrogens is 1. The number of aryl methyl sites for hydroxylation is 2. The molecule has 10 heteroatoms. The third-order valence-electron chi connectivity index (χ3n) is 4.68. The standard InChI is InChI=1S/C21H23F3N2O4S/c1-4-29-19-8-5-13(2)11-20(19)31(27,28)25-10-9-16-14(3)26-18-7-6-15(12-17(16)18)30-21(22,23)24/h5-8,11-12,25-26H,4,9-10H2,1-3H3. The number of alkyl halides is 3. The summed E-state index contributed by atoms with van der Waals surface area (Å²) in [6, 6.07) is 8.93. The number of benzene rings is 2. The number of aromatic nitrogens is 1. The van der Waals surface area contributed by atoms with Gasteiger partial charge in [-0.2, -0.15) is 0 Å². The van der Waals surface area contributed by atoms with E-state index in [4.69, 9.17) is 4.74 Å². The van der Waals surface area contributed by atoms with Crippen LogP contribution in [0.3, 0.4) is 0 Å². The summed E-state index contributed by atoms with van der Waals surface area (Å²) in [5.74, 6) is -0.0697. The lowest BCUT2D eigenvalue weighted by molar-refractivity contribution is -0.274. The SMILES string of the molecule is CCOc1ccc(C)cc1S(=O)(=O)NCCc1c(C)[nH]c2ccc(OC(F)(F)F)cc12. The molecule has 31 heavy (non-hydrogen) atoms. The van der Waals surface area contributed by atoms with Gasteiger partial charge in [-0.05, 0) is 68.7 Å². The molecule has 3 rings (SSSR count). The molecule has 2 N–H and O–H groups in total. The monoisotopic (exact) mass is 456 g/mol. The minimum atomic E-state index is -4.79. The molecule has 0 amide bonds. The van der Waals surface area contributed by atoms with Crippen molar-refractivity contribution in [3.63, 3.8) is 0 Å². The van der Waals surface area contributed by atoms with E-state index >= 15 is 0 Å². The van der Waals surface area contributed by atoms with Crippen LogP contribution in [0.4, 0.5) is 13.2 Å². The van der Waals surface area contributed by atoms with Crippen LogP contribution in [0.1, 0.15) is 23.7 Å². The van der Waals surface area contributed by atoms with E-state index in [0.29, 0.717) is 23.1 Å². The molecule has 0 saturated carbocycles.